The standard InChI is InChI=1S/C12H19N3O/c1-2-15-11(8-9-13-15)12(16)14-10-6-4-3-5-7-10/h8-10H,2-7H2,1H3,(H,14,16). The van der Waals surface area contributed by atoms with Crippen molar-refractivity contribution < 1.29 is 4.79 Å². The lowest BCUT2D eigenvalue weighted by Gasteiger charge is -2.22. The smallest absolute Gasteiger partial charge is 0.269 e. The molecule has 1 saturated carbocycles. The van der Waals surface area contributed by atoms with E-state index >= 15 is 0 Å². The molecule has 0 aliphatic heterocycles. The van der Waals surface area contributed by atoms with Crippen LogP contribution in [0, 0.1) is 0 Å². The van der Waals surface area contributed by atoms with Crippen molar-refractivity contribution in [3.8, 4) is 0 Å². The Balaban J connectivity index is 1.96. The van der Waals surface area contributed by atoms with Crippen LogP contribution in [0.4, 0.5) is 0 Å². The van der Waals surface area contributed by atoms with E-state index in [9.17, 15) is 4.79 Å². The predicted octanol–water partition coefficient (Wildman–Crippen LogP) is 1.97. The predicted molar refractivity (Wildman–Crippen MR) is 62.2 cm³/mol. The van der Waals surface area contributed by atoms with Crippen molar-refractivity contribution in [2.45, 2.75) is 51.6 Å². The van der Waals surface area contributed by atoms with Crippen LogP contribution >= 0.6 is 0 Å². The third-order valence-corrected chi connectivity index (χ3v) is 3.19. The number of aryl methyl sites for hydroxylation is 1. The number of aromatic nitrogens is 2. The van der Waals surface area contributed by atoms with Gasteiger partial charge in [0.2, 0.25) is 0 Å². The summed E-state index contributed by atoms with van der Waals surface area (Å²) in [5.74, 6) is 0.0197. The van der Waals surface area contributed by atoms with Crippen molar-refractivity contribution in [2.75, 3.05) is 0 Å². The Kier molecular flexibility index (Phi) is 3.59. The molecule has 1 N–H and O–H groups in total. The average Bonchev–Trinajstić information content (AvgIpc) is 2.78. The van der Waals surface area contributed by atoms with Crippen LogP contribution in [0.2, 0.25) is 0 Å². The van der Waals surface area contributed by atoms with Crippen LogP contribution in [0.25, 0.3) is 0 Å². The van der Waals surface area contributed by atoms with Crippen molar-refractivity contribution in [3.63, 3.8) is 0 Å². The van der Waals surface area contributed by atoms with Crippen molar-refractivity contribution in [2.24, 2.45) is 0 Å². The first-order chi connectivity index (χ1) is 7.81. The van der Waals surface area contributed by atoms with E-state index in [4.69, 9.17) is 0 Å². The molecule has 1 aliphatic rings. The molecule has 0 unspecified atom stereocenters. The van der Waals surface area contributed by atoms with Gasteiger partial charge in [-0.1, -0.05) is 19.3 Å². The molecule has 0 atom stereocenters. The van der Waals surface area contributed by atoms with Crippen LogP contribution in [0.5, 0.6) is 0 Å². The highest BCUT2D eigenvalue weighted by atomic mass is 16.2. The number of nitrogens with zero attached hydrogens (tertiary/aromatic N) is 2. The fraction of sp³-hybridized carbons (Fsp3) is 0.667. The Morgan fingerprint density at radius 2 is 2.25 bits per heavy atom. The highest BCUT2D eigenvalue weighted by Gasteiger charge is 2.18. The van der Waals surface area contributed by atoms with E-state index in [0.29, 0.717) is 11.7 Å². The van der Waals surface area contributed by atoms with E-state index < -0.39 is 0 Å². The van der Waals surface area contributed by atoms with Crippen molar-refractivity contribution >= 4 is 5.91 Å². The lowest BCUT2D eigenvalue weighted by Crippen LogP contribution is -2.37. The van der Waals surface area contributed by atoms with Crippen molar-refractivity contribution in [1.29, 1.82) is 0 Å². The molecule has 0 radical (unpaired) electrons. The molecule has 0 spiro atoms. The molecule has 4 heteroatoms. The number of carbonyl (C=O) groups is 1. The van der Waals surface area contributed by atoms with Gasteiger partial charge in [-0.3, -0.25) is 9.48 Å². The second-order valence-corrected chi connectivity index (χ2v) is 4.34. The lowest BCUT2D eigenvalue weighted by molar-refractivity contribution is 0.0917. The van der Waals surface area contributed by atoms with Gasteiger partial charge in [-0.2, -0.15) is 5.10 Å². The van der Waals surface area contributed by atoms with Crippen LogP contribution in [0.3, 0.4) is 0 Å². The van der Waals surface area contributed by atoms with Gasteiger partial charge in [0, 0.05) is 18.8 Å². The monoisotopic (exact) mass is 221 g/mol. The van der Waals surface area contributed by atoms with E-state index in [2.05, 4.69) is 10.4 Å². The van der Waals surface area contributed by atoms with Gasteiger partial charge in [0.05, 0.1) is 0 Å². The topological polar surface area (TPSA) is 46.9 Å². The molecule has 88 valence electrons. The zero-order chi connectivity index (χ0) is 11.4. The average molecular weight is 221 g/mol. The molecule has 2 rings (SSSR count). The zero-order valence-electron chi connectivity index (χ0n) is 9.78. The number of hydrogen-bond acceptors (Lipinski definition) is 2. The first kappa shape index (κ1) is 11.2. The fourth-order valence-electron chi connectivity index (χ4n) is 2.28. The maximum atomic E-state index is 12.0. The van der Waals surface area contributed by atoms with Crippen LogP contribution in [-0.2, 0) is 6.54 Å². The molecule has 0 aromatic carbocycles. The van der Waals surface area contributed by atoms with E-state index in [1.165, 1.54) is 19.3 Å². The summed E-state index contributed by atoms with van der Waals surface area (Å²) in [5, 5.41) is 7.20. The quantitative estimate of drug-likeness (QED) is 0.848. The molecular weight excluding hydrogens is 202 g/mol. The summed E-state index contributed by atoms with van der Waals surface area (Å²) < 4.78 is 1.73. The van der Waals surface area contributed by atoms with E-state index in [1.54, 1.807) is 16.9 Å². The van der Waals surface area contributed by atoms with Gasteiger partial charge in [-0.15, -0.1) is 0 Å². The maximum absolute atomic E-state index is 12.0. The summed E-state index contributed by atoms with van der Waals surface area (Å²) in [6.07, 6.45) is 7.69. The summed E-state index contributed by atoms with van der Waals surface area (Å²) >= 11 is 0. The number of rotatable bonds is 3. The SMILES string of the molecule is CCn1nccc1C(=O)NC1CCCCC1. The molecule has 1 aromatic rings. The van der Waals surface area contributed by atoms with E-state index in [1.807, 2.05) is 6.92 Å². The molecule has 1 aromatic heterocycles. The molecule has 1 aliphatic carbocycles. The molecule has 1 amide bonds. The number of amides is 1. The summed E-state index contributed by atoms with van der Waals surface area (Å²) in [7, 11) is 0. The third-order valence-electron chi connectivity index (χ3n) is 3.19. The Morgan fingerprint density at radius 3 is 2.94 bits per heavy atom. The summed E-state index contributed by atoms with van der Waals surface area (Å²) in [5.41, 5.74) is 0.674. The largest absolute Gasteiger partial charge is 0.348 e. The summed E-state index contributed by atoms with van der Waals surface area (Å²) in [6, 6.07) is 2.14. The minimum absolute atomic E-state index is 0.0197. The van der Waals surface area contributed by atoms with Gasteiger partial charge in [0.1, 0.15) is 5.69 Å². The molecule has 1 heterocycles. The van der Waals surface area contributed by atoms with Gasteiger partial charge < -0.3 is 5.32 Å². The van der Waals surface area contributed by atoms with Crippen LogP contribution in [0.15, 0.2) is 12.3 Å². The van der Waals surface area contributed by atoms with Gasteiger partial charge in [0.15, 0.2) is 0 Å². The van der Waals surface area contributed by atoms with E-state index in [-0.39, 0.29) is 5.91 Å². The van der Waals surface area contributed by atoms with Gasteiger partial charge >= 0.3 is 0 Å². The Labute approximate surface area is 96.0 Å². The zero-order valence-corrected chi connectivity index (χ0v) is 9.78. The summed E-state index contributed by atoms with van der Waals surface area (Å²) in [4.78, 5) is 12.0. The van der Waals surface area contributed by atoms with Crippen LogP contribution in [-0.4, -0.2) is 21.7 Å². The van der Waals surface area contributed by atoms with Crippen LogP contribution in [0.1, 0.15) is 49.5 Å². The number of nitrogens with one attached hydrogen (secondary N) is 1. The second kappa shape index (κ2) is 5.14. The molecule has 0 bridgehead atoms. The molecule has 4 nitrogen and oxygen atoms in total. The maximum Gasteiger partial charge on any atom is 0.269 e. The minimum Gasteiger partial charge on any atom is -0.348 e. The Bertz CT molecular complexity index is 353. The van der Waals surface area contributed by atoms with Crippen LogP contribution < -0.4 is 5.32 Å². The normalized spacial score (nSPS) is 17.3. The second-order valence-electron chi connectivity index (χ2n) is 4.34. The van der Waals surface area contributed by atoms with Crippen molar-refractivity contribution in [1.82, 2.24) is 15.1 Å². The molecule has 16 heavy (non-hydrogen) atoms. The first-order valence-electron chi connectivity index (χ1n) is 6.14. The Morgan fingerprint density at radius 1 is 1.50 bits per heavy atom. The highest BCUT2D eigenvalue weighted by molar-refractivity contribution is 5.92. The first-order valence-corrected chi connectivity index (χ1v) is 6.14. The van der Waals surface area contributed by atoms with Gasteiger partial charge in [-0.25, -0.2) is 0 Å². The van der Waals surface area contributed by atoms with Crippen molar-refractivity contribution in [3.05, 3.63) is 18.0 Å². The summed E-state index contributed by atoms with van der Waals surface area (Å²) in [6.45, 7) is 2.73. The molecule has 1 fully saturated rings. The molecular formula is C12H19N3O. The molecule has 0 saturated heterocycles. The highest BCUT2D eigenvalue weighted by Crippen LogP contribution is 2.17. The third kappa shape index (κ3) is 2.43. The Hall–Kier alpha value is -1.32. The fourth-order valence-corrected chi connectivity index (χ4v) is 2.28. The van der Waals surface area contributed by atoms with Gasteiger partial charge in [-0.05, 0) is 25.8 Å². The van der Waals surface area contributed by atoms with E-state index in [0.717, 1.165) is 19.4 Å². The number of hydrogen-bond donors (Lipinski definition) is 1. The lowest BCUT2D eigenvalue weighted by atomic mass is 9.95. The minimum atomic E-state index is 0.0197. The van der Waals surface area contributed by atoms with Gasteiger partial charge in [0.25, 0.3) is 5.91 Å². The number of carbonyl (C=O) groups excluding carboxylic acids is 1.